The first-order chi connectivity index (χ1) is 8.24. The van der Waals surface area contributed by atoms with Gasteiger partial charge in [0.2, 0.25) is 0 Å². The van der Waals surface area contributed by atoms with E-state index in [4.69, 9.17) is 9.90 Å². The van der Waals surface area contributed by atoms with Crippen LogP contribution >= 0.6 is 0 Å². The predicted octanol–water partition coefficient (Wildman–Crippen LogP) is 3.77. The van der Waals surface area contributed by atoms with Crippen LogP contribution in [0.5, 0.6) is 0 Å². The van der Waals surface area contributed by atoms with E-state index in [9.17, 15) is 4.39 Å². The third-order valence-electron chi connectivity index (χ3n) is 2.99. The molecule has 0 saturated heterocycles. The third kappa shape index (κ3) is 5.48. The fourth-order valence-electron chi connectivity index (χ4n) is 2.16. The first kappa shape index (κ1) is 13.7. The van der Waals surface area contributed by atoms with Gasteiger partial charge in [0.05, 0.1) is 0 Å². The molecule has 0 atom stereocenters. The average molecular weight is 238 g/mol. The summed E-state index contributed by atoms with van der Waals surface area (Å²) < 4.78 is 10.5. The molecule has 1 aromatic carbocycles. The Morgan fingerprint density at radius 1 is 1.18 bits per heavy atom. The van der Waals surface area contributed by atoms with Crippen LogP contribution in [-0.4, -0.2) is 17.8 Å². The van der Waals surface area contributed by atoms with E-state index in [1.807, 2.05) is 0 Å². The number of carboxylic acids is 1. The standard InChI is InChI=1S/C12H16.C2H3FO2/c1-3-7-11(8-4-1)12-9-5-2-6-10-12;3-1-2(4)5/h1,3-4,7-8,12H,2,5-6,9-10H2;1H2,(H,4,5). The van der Waals surface area contributed by atoms with Crippen molar-refractivity contribution in [3.8, 4) is 0 Å². The summed E-state index contributed by atoms with van der Waals surface area (Å²) in [6.07, 6.45) is 7.12. The van der Waals surface area contributed by atoms with Crippen LogP contribution in [0.1, 0.15) is 43.6 Å². The highest BCUT2D eigenvalue weighted by atomic mass is 19.1. The van der Waals surface area contributed by atoms with E-state index in [0.717, 1.165) is 5.92 Å². The van der Waals surface area contributed by atoms with E-state index in [1.165, 1.54) is 32.1 Å². The Morgan fingerprint density at radius 3 is 2.18 bits per heavy atom. The summed E-state index contributed by atoms with van der Waals surface area (Å²) in [4.78, 5) is 8.99. The highest BCUT2D eigenvalue weighted by molar-refractivity contribution is 5.67. The van der Waals surface area contributed by atoms with Crippen molar-refractivity contribution >= 4 is 5.97 Å². The van der Waals surface area contributed by atoms with E-state index >= 15 is 0 Å². The van der Waals surface area contributed by atoms with Gasteiger partial charge >= 0.3 is 5.97 Å². The van der Waals surface area contributed by atoms with Gasteiger partial charge in [-0.05, 0) is 24.3 Å². The smallest absolute Gasteiger partial charge is 0.335 e. The van der Waals surface area contributed by atoms with Crippen molar-refractivity contribution in [2.75, 3.05) is 6.67 Å². The Bertz CT molecular complexity index is 318. The molecule has 3 heteroatoms. The van der Waals surface area contributed by atoms with Gasteiger partial charge in [-0.3, -0.25) is 0 Å². The Kier molecular flexibility index (Phi) is 6.30. The zero-order valence-corrected chi connectivity index (χ0v) is 9.94. The van der Waals surface area contributed by atoms with Crippen molar-refractivity contribution < 1.29 is 14.3 Å². The molecule has 0 heterocycles. The van der Waals surface area contributed by atoms with E-state index in [2.05, 4.69) is 30.3 Å². The number of benzene rings is 1. The lowest BCUT2D eigenvalue weighted by atomic mass is 9.84. The van der Waals surface area contributed by atoms with Crippen LogP contribution in [0.15, 0.2) is 30.3 Å². The average Bonchev–Trinajstić information content (AvgIpc) is 2.41. The Labute approximate surface area is 101 Å². The molecule has 0 unspecified atom stereocenters. The summed E-state index contributed by atoms with van der Waals surface area (Å²) in [5.74, 6) is -0.551. The lowest BCUT2D eigenvalue weighted by Crippen LogP contribution is -2.03. The molecule has 94 valence electrons. The summed E-state index contributed by atoms with van der Waals surface area (Å²) in [6.45, 7) is -1.28. The predicted molar refractivity (Wildman–Crippen MR) is 65.9 cm³/mol. The molecule has 17 heavy (non-hydrogen) atoms. The Morgan fingerprint density at radius 2 is 1.71 bits per heavy atom. The molecule has 0 aliphatic heterocycles. The summed E-state index contributed by atoms with van der Waals surface area (Å²) in [5.41, 5.74) is 1.55. The van der Waals surface area contributed by atoms with Crippen LogP contribution in [-0.2, 0) is 4.79 Å². The van der Waals surface area contributed by atoms with Crippen LogP contribution in [0.3, 0.4) is 0 Å². The molecular weight excluding hydrogens is 219 g/mol. The number of halogens is 1. The maximum Gasteiger partial charge on any atom is 0.335 e. The number of rotatable bonds is 2. The second-order valence-corrected chi connectivity index (χ2v) is 4.27. The van der Waals surface area contributed by atoms with Gasteiger partial charge in [0.25, 0.3) is 0 Å². The van der Waals surface area contributed by atoms with Gasteiger partial charge in [-0.25, -0.2) is 9.18 Å². The number of aliphatic carboxylic acids is 1. The van der Waals surface area contributed by atoms with Gasteiger partial charge < -0.3 is 5.11 Å². The normalized spacial score (nSPS) is 15.8. The van der Waals surface area contributed by atoms with Crippen molar-refractivity contribution in [1.29, 1.82) is 0 Å². The second-order valence-electron chi connectivity index (χ2n) is 4.27. The van der Waals surface area contributed by atoms with Crippen molar-refractivity contribution in [2.24, 2.45) is 0 Å². The maximum atomic E-state index is 10.5. The topological polar surface area (TPSA) is 37.3 Å². The lowest BCUT2D eigenvalue weighted by molar-refractivity contribution is -0.137. The molecule has 1 aromatic rings. The zero-order valence-electron chi connectivity index (χ0n) is 9.94. The monoisotopic (exact) mass is 238 g/mol. The van der Waals surface area contributed by atoms with Gasteiger partial charge in [0, 0.05) is 0 Å². The highest BCUT2D eigenvalue weighted by Crippen LogP contribution is 2.31. The van der Waals surface area contributed by atoms with E-state index in [-0.39, 0.29) is 0 Å². The van der Waals surface area contributed by atoms with Crippen molar-refractivity contribution in [3.63, 3.8) is 0 Å². The van der Waals surface area contributed by atoms with Crippen LogP contribution in [0, 0.1) is 0 Å². The van der Waals surface area contributed by atoms with Crippen LogP contribution in [0.2, 0.25) is 0 Å². The number of alkyl halides is 1. The van der Waals surface area contributed by atoms with Gasteiger partial charge in [0.1, 0.15) is 0 Å². The molecule has 0 bridgehead atoms. The first-order valence-corrected chi connectivity index (χ1v) is 6.06. The SMILES string of the molecule is O=C(O)CF.c1ccc(C2CCCCC2)cc1. The minimum Gasteiger partial charge on any atom is -0.479 e. The van der Waals surface area contributed by atoms with Gasteiger partial charge in [-0.2, -0.15) is 0 Å². The molecule has 0 aromatic heterocycles. The minimum absolute atomic E-state index is 0.861. The Balaban J connectivity index is 0.000000249. The molecule has 1 aliphatic rings. The number of carbonyl (C=O) groups is 1. The molecule has 0 amide bonds. The van der Waals surface area contributed by atoms with Crippen molar-refractivity contribution in [2.45, 2.75) is 38.0 Å². The summed E-state index contributed by atoms with van der Waals surface area (Å²) >= 11 is 0. The molecule has 1 saturated carbocycles. The molecule has 2 nitrogen and oxygen atoms in total. The zero-order chi connectivity index (χ0) is 12.5. The molecule has 1 fully saturated rings. The third-order valence-corrected chi connectivity index (χ3v) is 2.99. The summed E-state index contributed by atoms with van der Waals surface area (Å²) in [6, 6.07) is 11.0. The first-order valence-electron chi connectivity index (χ1n) is 6.06. The molecule has 2 rings (SSSR count). The van der Waals surface area contributed by atoms with Crippen molar-refractivity contribution in [3.05, 3.63) is 35.9 Å². The number of hydrogen-bond donors (Lipinski definition) is 1. The lowest BCUT2D eigenvalue weighted by Gasteiger charge is -2.21. The van der Waals surface area contributed by atoms with Crippen LogP contribution in [0.25, 0.3) is 0 Å². The molecule has 0 spiro atoms. The highest BCUT2D eigenvalue weighted by Gasteiger charge is 2.14. The van der Waals surface area contributed by atoms with Gasteiger partial charge in [-0.1, -0.05) is 49.6 Å². The molecule has 1 aliphatic carbocycles. The van der Waals surface area contributed by atoms with E-state index < -0.39 is 12.6 Å². The summed E-state index contributed by atoms with van der Waals surface area (Å²) in [5, 5.41) is 7.35. The second kappa shape index (κ2) is 7.82. The summed E-state index contributed by atoms with van der Waals surface area (Å²) in [7, 11) is 0. The minimum atomic E-state index is -1.41. The number of hydrogen-bond acceptors (Lipinski definition) is 1. The van der Waals surface area contributed by atoms with Gasteiger partial charge in [0.15, 0.2) is 6.67 Å². The van der Waals surface area contributed by atoms with E-state index in [0.29, 0.717) is 0 Å². The quantitative estimate of drug-likeness (QED) is 0.851. The molecular formula is C14H19FO2. The fourth-order valence-corrected chi connectivity index (χ4v) is 2.16. The Hall–Kier alpha value is -1.38. The number of carboxylic acid groups (broad SMARTS) is 1. The maximum absolute atomic E-state index is 10.5. The van der Waals surface area contributed by atoms with E-state index in [1.54, 1.807) is 5.56 Å². The molecule has 1 N–H and O–H groups in total. The fraction of sp³-hybridized carbons (Fsp3) is 0.500. The largest absolute Gasteiger partial charge is 0.479 e. The van der Waals surface area contributed by atoms with Crippen molar-refractivity contribution in [1.82, 2.24) is 0 Å². The van der Waals surface area contributed by atoms with Crippen LogP contribution < -0.4 is 0 Å². The van der Waals surface area contributed by atoms with Gasteiger partial charge in [-0.15, -0.1) is 0 Å². The van der Waals surface area contributed by atoms with Crippen LogP contribution in [0.4, 0.5) is 4.39 Å². The molecule has 0 radical (unpaired) electrons.